The molecule has 4 nitrogen and oxygen atoms in total. The molecule has 118 valence electrons. The number of fused-ring (bicyclic) bond motifs is 1. The molecule has 22 heavy (non-hydrogen) atoms. The van der Waals surface area contributed by atoms with Gasteiger partial charge in [-0.2, -0.15) is 0 Å². The first-order valence-electron chi connectivity index (χ1n) is 8.10. The van der Waals surface area contributed by atoms with Gasteiger partial charge >= 0.3 is 5.97 Å². The molecule has 1 N–H and O–H groups in total. The molecule has 0 aliphatic carbocycles. The summed E-state index contributed by atoms with van der Waals surface area (Å²) in [6, 6.07) is 11.2. The second-order valence-corrected chi connectivity index (χ2v) is 6.55. The van der Waals surface area contributed by atoms with Gasteiger partial charge in [0, 0.05) is 23.8 Å². The van der Waals surface area contributed by atoms with E-state index in [9.17, 15) is 4.79 Å². The predicted octanol–water partition coefficient (Wildman–Crippen LogP) is 3.52. The molecule has 1 aromatic heterocycles. The molecule has 1 fully saturated rings. The maximum absolute atomic E-state index is 11.1. The van der Waals surface area contributed by atoms with E-state index in [1.54, 1.807) is 0 Å². The van der Waals surface area contributed by atoms with E-state index in [0.717, 1.165) is 32.5 Å². The highest BCUT2D eigenvalue weighted by molar-refractivity contribution is 5.81. The van der Waals surface area contributed by atoms with Gasteiger partial charge in [-0.25, -0.2) is 0 Å². The van der Waals surface area contributed by atoms with E-state index in [1.807, 2.05) is 0 Å². The molecule has 0 radical (unpaired) electrons. The number of carboxylic acids is 1. The third-order valence-electron chi connectivity index (χ3n) is 4.67. The molecule has 2 aromatic rings. The first-order chi connectivity index (χ1) is 10.6. The summed E-state index contributed by atoms with van der Waals surface area (Å²) in [5.41, 5.74) is 2.61. The summed E-state index contributed by atoms with van der Waals surface area (Å²) in [4.78, 5) is 13.4. The summed E-state index contributed by atoms with van der Waals surface area (Å²) in [6.45, 7) is 7.07. The van der Waals surface area contributed by atoms with Crippen molar-refractivity contribution in [2.45, 2.75) is 39.3 Å². The lowest BCUT2D eigenvalue weighted by atomic mass is 9.97. The maximum atomic E-state index is 11.1. The van der Waals surface area contributed by atoms with Gasteiger partial charge in [-0.3, -0.25) is 9.69 Å². The SMILES string of the molecule is CC(C)n1c(CN2CCC(C(=O)O)CC2)cc2ccccc21. The van der Waals surface area contributed by atoms with E-state index in [0.29, 0.717) is 6.04 Å². The van der Waals surface area contributed by atoms with Gasteiger partial charge in [-0.05, 0) is 57.3 Å². The number of nitrogens with zero attached hydrogens (tertiary/aromatic N) is 2. The lowest BCUT2D eigenvalue weighted by Crippen LogP contribution is -2.36. The lowest BCUT2D eigenvalue weighted by molar-refractivity contribution is -0.143. The van der Waals surface area contributed by atoms with Crippen LogP contribution in [0.3, 0.4) is 0 Å². The highest BCUT2D eigenvalue weighted by Gasteiger charge is 2.25. The van der Waals surface area contributed by atoms with Crippen molar-refractivity contribution in [2.24, 2.45) is 5.92 Å². The van der Waals surface area contributed by atoms with Gasteiger partial charge in [0.2, 0.25) is 0 Å². The second kappa shape index (κ2) is 6.13. The molecule has 1 aliphatic heterocycles. The van der Waals surface area contributed by atoms with Crippen molar-refractivity contribution in [1.82, 2.24) is 9.47 Å². The number of rotatable bonds is 4. The Hall–Kier alpha value is -1.81. The first-order valence-corrected chi connectivity index (χ1v) is 8.10. The fourth-order valence-corrected chi connectivity index (χ4v) is 3.53. The fraction of sp³-hybridized carbons (Fsp3) is 0.500. The Bertz CT molecular complexity index is 667. The minimum absolute atomic E-state index is 0.160. The molecule has 0 saturated carbocycles. The molecular weight excluding hydrogens is 276 g/mol. The smallest absolute Gasteiger partial charge is 0.306 e. The van der Waals surface area contributed by atoms with E-state index >= 15 is 0 Å². The van der Waals surface area contributed by atoms with Crippen LogP contribution in [0.25, 0.3) is 10.9 Å². The van der Waals surface area contributed by atoms with E-state index in [2.05, 4.69) is 53.6 Å². The van der Waals surface area contributed by atoms with Gasteiger partial charge in [-0.1, -0.05) is 18.2 Å². The Kier molecular flexibility index (Phi) is 4.21. The van der Waals surface area contributed by atoms with Crippen LogP contribution in [-0.4, -0.2) is 33.6 Å². The number of aliphatic carboxylic acids is 1. The van der Waals surface area contributed by atoms with Crippen LogP contribution in [0, 0.1) is 5.92 Å². The van der Waals surface area contributed by atoms with Crippen LogP contribution in [-0.2, 0) is 11.3 Å². The molecule has 0 unspecified atom stereocenters. The number of carboxylic acid groups (broad SMARTS) is 1. The monoisotopic (exact) mass is 300 g/mol. The lowest BCUT2D eigenvalue weighted by Gasteiger charge is -2.30. The number of piperidine rings is 1. The summed E-state index contributed by atoms with van der Waals surface area (Å²) < 4.78 is 2.40. The van der Waals surface area contributed by atoms with Crippen molar-refractivity contribution in [3.8, 4) is 0 Å². The van der Waals surface area contributed by atoms with Crippen LogP contribution < -0.4 is 0 Å². The Morgan fingerprint density at radius 3 is 2.59 bits per heavy atom. The third kappa shape index (κ3) is 2.88. The molecule has 0 atom stereocenters. The Morgan fingerprint density at radius 1 is 1.27 bits per heavy atom. The van der Waals surface area contributed by atoms with E-state index in [4.69, 9.17) is 5.11 Å². The Labute approximate surface area is 131 Å². The molecule has 2 heterocycles. The van der Waals surface area contributed by atoms with Crippen LogP contribution in [0.2, 0.25) is 0 Å². The zero-order valence-corrected chi connectivity index (χ0v) is 13.3. The quantitative estimate of drug-likeness (QED) is 0.939. The molecule has 1 aliphatic rings. The van der Waals surface area contributed by atoms with Gasteiger partial charge in [-0.15, -0.1) is 0 Å². The van der Waals surface area contributed by atoms with Crippen molar-refractivity contribution in [3.63, 3.8) is 0 Å². The topological polar surface area (TPSA) is 45.5 Å². The average Bonchev–Trinajstić information content (AvgIpc) is 2.85. The number of likely N-dealkylation sites (tertiary alicyclic amines) is 1. The highest BCUT2D eigenvalue weighted by Crippen LogP contribution is 2.26. The maximum Gasteiger partial charge on any atom is 0.306 e. The summed E-state index contributed by atoms with van der Waals surface area (Å²) >= 11 is 0. The molecule has 4 heteroatoms. The van der Waals surface area contributed by atoms with Gasteiger partial charge in [0.1, 0.15) is 0 Å². The van der Waals surface area contributed by atoms with Crippen LogP contribution >= 0.6 is 0 Å². The van der Waals surface area contributed by atoms with Crippen molar-refractivity contribution >= 4 is 16.9 Å². The number of benzene rings is 1. The second-order valence-electron chi connectivity index (χ2n) is 6.55. The molecule has 0 spiro atoms. The largest absolute Gasteiger partial charge is 0.481 e. The summed E-state index contributed by atoms with van der Waals surface area (Å²) in [5, 5.41) is 10.4. The number of carbonyl (C=O) groups is 1. The number of hydrogen-bond donors (Lipinski definition) is 1. The van der Waals surface area contributed by atoms with Crippen molar-refractivity contribution in [1.29, 1.82) is 0 Å². The van der Waals surface area contributed by atoms with Crippen LogP contribution in [0.1, 0.15) is 38.4 Å². The van der Waals surface area contributed by atoms with E-state index in [1.165, 1.54) is 16.6 Å². The minimum Gasteiger partial charge on any atom is -0.481 e. The number of para-hydroxylation sites is 1. The Balaban J connectivity index is 1.79. The summed E-state index contributed by atoms with van der Waals surface area (Å²) in [6.07, 6.45) is 1.52. The van der Waals surface area contributed by atoms with Crippen LogP contribution in [0.5, 0.6) is 0 Å². The molecule has 0 amide bonds. The summed E-state index contributed by atoms with van der Waals surface area (Å²) in [5.74, 6) is -0.803. The van der Waals surface area contributed by atoms with Gasteiger partial charge in [0.25, 0.3) is 0 Å². The first kappa shape index (κ1) is 15.1. The Morgan fingerprint density at radius 2 is 1.95 bits per heavy atom. The molecule has 0 bridgehead atoms. The highest BCUT2D eigenvalue weighted by atomic mass is 16.4. The number of hydrogen-bond acceptors (Lipinski definition) is 2. The molecule has 3 rings (SSSR count). The summed E-state index contributed by atoms with van der Waals surface area (Å²) in [7, 11) is 0. The normalized spacial score (nSPS) is 17.4. The van der Waals surface area contributed by atoms with Crippen LogP contribution in [0.15, 0.2) is 30.3 Å². The standard InChI is InChI=1S/C18H24N2O2/c1-13(2)20-16(11-15-5-3-4-6-17(15)20)12-19-9-7-14(8-10-19)18(21)22/h3-6,11,13-14H,7-10,12H2,1-2H3,(H,21,22). The van der Waals surface area contributed by atoms with Crippen LogP contribution in [0.4, 0.5) is 0 Å². The van der Waals surface area contributed by atoms with Gasteiger partial charge in [0.05, 0.1) is 5.92 Å². The zero-order chi connectivity index (χ0) is 15.7. The molecular formula is C18H24N2O2. The van der Waals surface area contributed by atoms with Gasteiger partial charge in [0.15, 0.2) is 0 Å². The van der Waals surface area contributed by atoms with Crippen molar-refractivity contribution in [2.75, 3.05) is 13.1 Å². The fourth-order valence-electron chi connectivity index (χ4n) is 3.53. The van der Waals surface area contributed by atoms with Crippen molar-refractivity contribution in [3.05, 3.63) is 36.0 Å². The molecule has 1 aromatic carbocycles. The molecule has 1 saturated heterocycles. The predicted molar refractivity (Wildman–Crippen MR) is 88.0 cm³/mol. The number of aromatic nitrogens is 1. The third-order valence-corrected chi connectivity index (χ3v) is 4.67. The van der Waals surface area contributed by atoms with E-state index < -0.39 is 5.97 Å². The van der Waals surface area contributed by atoms with E-state index in [-0.39, 0.29) is 5.92 Å². The minimum atomic E-state index is -0.643. The van der Waals surface area contributed by atoms with Crippen molar-refractivity contribution < 1.29 is 9.90 Å². The zero-order valence-electron chi connectivity index (χ0n) is 13.3. The van der Waals surface area contributed by atoms with Gasteiger partial charge < -0.3 is 9.67 Å². The average molecular weight is 300 g/mol.